The number of hydrogen-bond acceptors (Lipinski definition) is 2. The monoisotopic (exact) mass is 170 g/mol. The first-order valence-electron chi connectivity index (χ1n) is 4.65. The van der Waals surface area contributed by atoms with Crippen molar-refractivity contribution in [3.63, 3.8) is 0 Å². The van der Waals surface area contributed by atoms with Crippen molar-refractivity contribution in [1.29, 1.82) is 0 Å². The fraction of sp³-hybridized carbons (Fsp3) is 0.889. The summed E-state index contributed by atoms with van der Waals surface area (Å²) in [6.07, 6.45) is 2.03. The molecule has 0 bridgehead atoms. The average molecular weight is 170 g/mol. The second kappa shape index (κ2) is 3.90. The van der Waals surface area contributed by atoms with Gasteiger partial charge < -0.3 is 5.32 Å². The van der Waals surface area contributed by atoms with Crippen LogP contribution in [0.5, 0.6) is 0 Å². The predicted octanol–water partition coefficient (Wildman–Crippen LogP) is 0.605. The molecule has 0 radical (unpaired) electrons. The normalized spacial score (nSPS) is 31.8. The summed E-state index contributed by atoms with van der Waals surface area (Å²) < 4.78 is 0. The number of amides is 1. The molecule has 0 spiro atoms. The van der Waals surface area contributed by atoms with Gasteiger partial charge in [-0.3, -0.25) is 9.69 Å². The summed E-state index contributed by atoms with van der Waals surface area (Å²) in [5.74, 6) is 0.193. The van der Waals surface area contributed by atoms with E-state index in [0.29, 0.717) is 6.04 Å². The third kappa shape index (κ3) is 1.97. The van der Waals surface area contributed by atoms with Gasteiger partial charge in [0.15, 0.2) is 0 Å². The second-order valence-electron chi connectivity index (χ2n) is 3.65. The van der Waals surface area contributed by atoms with Crippen molar-refractivity contribution < 1.29 is 4.79 Å². The summed E-state index contributed by atoms with van der Waals surface area (Å²) >= 11 is 0. The lowest BCUT2D eigenvalue weighted by molar-refractivity contribution is -0.129. The molecule has 1 N–H and O–H groups in total. The third-order valence-electron chi connectivity index (χ3n) is 2.35. The van der Waals surface area contributed by atoms with Crippen molar-refractivity contribution in [3.8, 4) is 0 Å². The van der Waals surface area contributed by atoms with Gasteiger partial charge in [0, 0.05) is 12.6 Å². The summed E-state index contributed by atoms with van der Waals surface area (Å²) in [7, 11) is 2.02. The molecule has 1 amide bonds. The number of nitrogens with one attached hydrogen (secondary N) is 1. The number of carbonyl (C=O) groups is 1. The van der Waals surface area contributed by atoms with Crippen LogP contribution in [0.2, 0.25) is 0 Å². The molecule has 1 saturated heterocycles. The van der Waals surface area contributed by atoms with E-state index in [1.165, 1.54) is 0 Å². The number of nitrogens with zero attached hydrogens (tertiary/aromatic N) is 1. The van der Waals surface area contributed by atoms with Crippen LogP contribution < -0.4 is 5.32 Å². The number of piperazine rings is 1. The van der Waals surface area contributed by atoms with E-state index in [1.807, 2.05) is 14.0 Å². The van der Waals surface area contributed by atoms with E-state index in [0.717, 1.165) is 19.4 Å². The van der Waals surface area contributed by atoms with Gasteiger partial charge in [-0.1, -0.05) is 13.3 Å². The highest BCUT2D eigenvalue weighted by Gasteiger charge is 2.28. The molecule has 3 nitrogen and oxygen atoms in total. The molecule has 12 heavy (non-hydrogen) atoms. The number of carbonyl (C=O) groups excluding carboxylic acids is 1. The number of rotatable bonds is 2. The molecule has 0 aromatic heterocycles. The minimum Gasteiger partial charge on any atom is -0.351 e. The molecule has 2 atom stereocenters. The number of hydrogen-bond donors (Lipinski definition) is 1. The first-order chi connectivity index (χ1) is 5.65. The molecular formula is C9H18N2O. The Labute approximate surface area is 74.1 Å². The van der Waals surface area contributed by atoms with Gasteiger partial charge in [-0.25, -0.2) is 0 Å². The van der Waals surface area contributed by atoms with Gasteiger partial charge in [-0.15, -0.1) is 0 Å². The van der Waals surface area contributed by atoms with Crippen LogP contribution >= 0.6 is 0 Å². The first-order valence-corrected chi connectivity index (χ1v) is 4.65. The van der Waals surface area contributed by atoms with Crippen molar-refractivity contribution in [2.45, 2.75) is 38.8 Å². The molecule has 0 saturated carbocycles. The zero-order valence-electron chi connectivity index (χ0n) is 8.13. The smallest absolute Gasteiger partial charge is 0.237 e. The minimum atomic E-state index is 0.103. The maximum atomic E-state index is 11.5. The van der Waals surface area contributed by atoms with Crippen molar-refractivity contribution >= 4 is 5.91 Å². The fourth-order valence-corrected chi connectivity index (χ4v) is 1.77. The molecule has 2 unspecified atom stereocenters. The summed E-state index contributed by atoms with van der Waals surface area (Å²) in [4.78, 5) is 13.6. The molecule has 0 aromatic carbocycles. The van der Waals surface area contributed by atoms with Crippen molar-refractivity contribution in [1.82, 2.24) is 10.2 Å². The van der Waals surface area contributed by atoms with E-state index in [9.17, 15) is 4.79 Å². The highest BCUT2D eigenvalue weighted by atomic mass is 16.2. The van der Waals surface area contributed by atoms with E-state index in [2.05, 4.69) is 17.1 Å². The van der Waals surface area contributed by atoms with Crippen LogP contribution in [0.4, 0.5) is 0 Å². The van der Waals surface area contributed by atoms with E-state index >= 15 is 0 Å². The average Bonchev–Trinajstić information content (AvgIpc) is 1.96. The molecule has 1 rings (SSSR count). The van der Waals surface area contributed by atoms with Crippen LogP contribution in [0.25, 0.3) is 0 Å². The van der Waals surface area contributed by atoms with Gasteiger partial charge >= 0.3 is 0 Å². The molecule has 1 heterocycles. The van der Waals surface area contributed by atoms with E-state index in [1.54, 1.807) is 0 Å². The van der Waals surface area contributed by atoms with Gasteiger partial charge in [0.2, 0.25) is 5.91 Å². The molecule has 70 valence electrons. The largest absolute Gasteiger partial charge is 0.351 e. The van der Waals surface area contributed by atoms with Gasteiger partial charge in [-0.05, 0) is 20.4 Å². The van der Waals surface area contributed by atoms with E-state index in [4.69, 9.17) is 0 Å². The Kier molecular flexibility index (Phi) is 3.09. The molecule has 0 aromatic rings. The predicted molar refractivity (Wildman–Crippen MR) is 48.9 cm³/mol. The maximum absolute atomic E-state index is 11.5. The summed E-state index contributed by atoms with van der Waals surface area (Å²) in [6, 6.07) is 0.404. The van der Waals surface area contributed by atoms with Gasteiger partial charge in [0.25, 0.3) is 0 Å². The molecule has 0 aliphatic carbocycles. The molecule has 1 aliphatic heterocycles. The van der Waals surface area contributed by atoms with Crippen LogP contribution in [0.3, 0.4) is 0 Å². The Morgan fingerprint density at radius 1 is 1.67 bits per heavy atom. The topological polar surface area (TPSA) is 32.3 Å². The van der Waals surface area contributed by atoms with Gasteiger partial charge in [0.1, 0.15) is 0 Å². The Morgan fingerprint density at radius 3 is 2.83 bits per heavy atom. The zero-order chi connectivity index (χ0) is 9.14. The summed E-state index contributed by atoms with van der Waals surface area (Å²) in [5, 5.41) is 2.96. The van der Waals surface area contributed by atoms with Gasteiger partial charge in [0.05, 0.1) is 6.04 Å². The van der Waals surface area contributed by atoms with Crippen LogP contribution in [0.15, 0.2) is 0 Å². The van der Waals surface area contributed by atoms with E-state index < -0.39 is 0 Å². The summed E-state index contributed by atoms with van der Waals surface area (Å²) in [6.45, 7) is 5.12. The SMILES string of the molecule is CCCC1C(=O)NC(C)CN1C. The number of likely N-dealkylation sites (N-methyl/N-ethyl adjacent to an activating group) is 1. The van der Waals surface area contributed by atoms with Gasteiger partial charge in [-0.2, -0.15) is 0 Å². The highest BCUT2D eigenvalue weighted by molar-refractivity contribution is 5.82. The van der Waals surface area contributed by atoms with Crippen LogP contribution in [-0.4, -0.2) is 36.5 Å². The van der Waals surface area contributed by atoms with Crippen molar-refractivity contribution in [2.24, 2.45) is 0 Å². The summed E-state index contributed by atoms with van der Waals surface area (Å²) in [5.41, 5.74) is 0. The maximum Gasteiger partial charge on any atom is 0.237 e. The Morgan fingerprint density at radius 2 is 2.33 bits per heavy atom. The lowest BCUT2D eigenvalue weighted by Gasteiger charge is -2.35. The third-order valence-corrected chi connectivity index (χ3v) is 2.35. The Balaban J connectivity index is 2.54. The van der Waals surface area contributed by atoms with E-state index in [-0.39, 0.29) is 11.9 Å². The minimum absolute atomic E-state index is 0.103. The second-order valence-corrected chi connectivity index (χ2v) is 3.65. The molecule has 3 heteroatoms. The quantitative estimate of drug-likeness (QED) is 0.658. The fourth-order valence-electron chi connectivity index (χ4n) is 1.77. The Bertz CT molecular complexity index is 170. The highest BCUT2D eigenvalue weighted by Crippen LogP contribution is 2.10. The van der Waals surface area contributed by atoms with Crippen molar-refractivity contribution in [3.05, 3.63) is 0 Å². The van der Waals surface area contributed by atoms with Crippen LogP contribution in [0.1, 0.15) is 26.7 Å². The lowest BCUT2D eigenvalue weighted by Crippen LogP contribution is -2.57. The lowest BCUT2D eigenvalue weighted by atomic mass is 10.1. The Hall–Kier alpha value is -0.570. The first kappa shape index (κ1) is 9.52. The van der Waals surface area contributed by atoms with Crippen LogP contribution in [0, 0.1) is 0 Å². The standard InChI is InChI=1S/C9H18N2O/c1-4-5-8-9(12)10-7(2)6-11(8)3/h7-8H,4-6H2,1-3H3,(H,10,12). The molecule has 1 fully saturated rings. The van der Waals surface area contributed by atoms with Crippen LogP contribution in [-0.2, 0) is 4.79 Å². The van der Waals surface area contributed by atoms with Crippen molar-refractivity contribution in [2.75, 3.05) is 13.6 Å². The molecular weight excluding hydrogens is 152 g/mol. The molecule has 1 aliphatic rings. The zero-order valence-corrected chi connectivity index (χ0v) is 8.13.